The zero-order chi connectivity index (χ0) is 13.8. The summed E-state index contributed by atoms with van der Waals surface area (Å²) in [5.41, 5.74) is 6.91. The fourth-order valence-corrected chi connectivity index (χ4v) is 2.54. The van der Waals surface area contributed by atoms with Gasteiger partial charge in [-0.2, -0.15) is 15.0 Å². The highest BCUT2D eigenvalue weighted by molar-refractivity contribution is 7.12. The Kier molecular flexibility index (Phi) is 4.16. The lowest BCUT2D eigenvalue weighted by atomic mass is 10.3. The molecule has 0 fully saturated rings. The SMILES string of the molecule is CCOc1nc(N)nc(NCc2cc(C)c(C)s2)n1. The van der Waals surface area contributed by atoms with Gasteiger partial charge in [0.25, 0.3) is 0 Å². The molecule has 0 bridgehead atoms. The van der Waals surface area contributed by atoms with E-state index in [0.717, 1.165) is 0 Å². The van der Waals surface area contributed by atoms with E-state index in [9.17, 15) is 0 Å². The lowest BCUT2D eigenvalue weighted by Crippen LogP contribution is -2.08. The van der Waals surface area contributed by atoms with E-state index in [4.69, 9.17) is 10.5 Å². The number of hydrogen-bond donors (Lipinski definition) is 2. The number of hydrogen-bond acceptors (Lipinski definition) is 7. The summed E-state index contributed by atoms with van der Waals surface area (Å²) in [6.45, 7) is 7.23. The van der Waals surface area contributed by atoms with Crippen LogP contribution in [0.3, 0.4) is 0 Å². The van der Waals surface area contributed by atoms with E-state index in [1.165, 1.54) is 15.3 Å². The van der Waals surface area contributed by atoms with Gasteiger partial charge in [0, 0.05) is 9.75 Å². The Morgan fingerprint density at radius 1 is 1.32 bits per heavy atom. The average molecular weight is 279 g/mol. The number of rotatable bonds is 5. The molecule has 0 saturated carbocycles. The van der Waals surface area contributed by atoms with E-state index >= 15 is 0 Å². The normalized spacial score (nSPS) is 10.5. The summed E-state index contributed by atoms with van der Waals surface area (Å²) in [6.07, 6.45) is 0. The molecule has 0 amide bonds. The number of nitrogens with two attached hydrogens (primary N) is 1. The third kappa shape index (κ3) is 3.54. The molecule has 0 aliphatic heterocycles. The smallest absolute Gasteiger partial charge is 0.323 e. The van der Waals surface area contributed by atoms with Crippen molar-refractivity contribution in [3.63, 3.8) is 0 Å². The molecule has 6 nitrogen and oxygen atoms in total. The van der Waals surface area contributed by atoms with E-state index in [2.05, 4.69) is 40.2 Å². The van der Waals surface area contributed by atoms with Crippen molar-refractivity contribution in [3.05, 3.63) is 21.4 Å². The first-order valence-corrected chi connectivity index (χ1v) is 6.84. The molecule has 7 heteroatoms. The summed E-state index contributed by atoms with van der Waals surface area (Å²) in [7, 11) is 0. The number of nitrogens with zero attached hydrogens (tertiary/aromatic N) is 3. The number of ether oxygens (including phenoxy) is 1. The van der Waals surface area contributed by atoms with Crippen LogP contribution in [0.2, 0.25) is 0 Å². The van der Waals surface area contributed by atoms with Crippen molar-refractivity contribution in [2.75, 3.05) is 17.7 Å². The van der Waals surface area contributed by atoms with Gasteiger partial charge in [0.2, 0.25) is 11.9 Å². The van der Waals surface area contributed by atoms with Crippen molar-refractivity contribution in [2.24, 2.45) is 0 Å². The predicted octanol–water partition coefficient (Wildman–Crippen LogP) is 2.14. The van der Waals surface area contributed by atoms with E-state index in [1.54, 1.807) is 11.3 Å². The van der Waals surface area contributed by atoms with Crippen molar-refractivity contribution in [1.82, 2.24) is 15.0 Å². The maximum absolute atomic E-state index is 5.61. The van der Waals surface area contributed by atoms with Crippen LogP contribution in [0, 0.1) is 13.8 Å². The number of aryl methyl sites for hydroxylation is 2. The van der Waals surface area contributed by atoms with Crippen molar-refractivity contribution in [1.29, 1.82) is 0 Å². The second-order valence-corrected chi connectivity index (χ2v) is 5.38. The predicted molar refractivity (Wildman–Crippen MR) is 76.5 cm³/mol. The molecular weight excluding hydrogens is 262 g/mol. The van der Waals surface area contributed by atoms with Crippen LogP contribution < -0.4 is 15.8 Å². The van der Waals surface area contributed by atoms with Crippen molar-refractivity contribution < 1.29 is 4.74 Å². The zero-order valence-electron chi connectivity index (χ0n) is 11.2. The second-order valence-electron chi connectivity index (χ2n) is 4.04. The number of nitrogens with one attached hydrogen (secondary N) is 1. The molecule has 0 atom stereocenters. The first-order chi connectivity index (χ1) is 9.08. The van der Waals surface area contributed by atoms with Crippen LogP contribution >= 0.6 is 11.3 Å². The van der Waals surface area contributed by atoms with Gasteiger partial charge in [0.1, 0.15) is 0 Å². The molecule has 2 aromatic rings. The Morgan fingerprint density at radius 3 is 2.74 bits per heavy atom. The molecule has 0 aromatic carbocycles. The quantitative estimate of drug-likeness (QED) is 0.872. The molecule has 102 valence electrons. The lowest BCUT2D eigenvalue weighted by molar-refractivity contribution is 0.312. The van der Waals surface area contributed by atoms with Crippen LogP contribution in [0.1, 0.15) is 22.2 Å². The second kappa shape index (κ2) is 5.83. The Balaban J connectivity index is 2.06. The van der Waals surface area contributed by atoms with Crippen LogP contribution in [-0.2, 0) is 6.54 Å². The number of aromatic nitrogens is 3. The lowest BCUT2D eigenvalue weighted by Gasteiger charge is -2.06. The van der Waals surface area contributed by atoms with Crippen molar-refractivity contribution >= 4 is 23.2 Å². The molecule has 0 unspecified atom stereocenters. The number of thiophene rings is 1. The molecule has 0 aliphatic carbocycles. The maximum Gasteiger partial charge on any atom is 0.323 e. The Bertz CT molecular complexity index is 550. The summed E-state index contributed by atoms with van der Waals surface area (Å²) in [6, 6.07) is 2.40. The molecule has 0 aliphatic rings. The zero-order valence-corrected chi connectivity index (χ0v) is 12.0. The monoisotopic (exact) mass is 279 g/mol. The average Bonchev–Trinajstić information content (AvgIpc) is 2.66. The van der Waals surface area contributed by atoms with Crippen LogP contribution in [0.5, 0.6) is 6.01 Å². The largest absolute Gasteiger partial charge is 0.464 e. The number of nitrogen functional groups attached to an aromatic ring is 1. The fourth-order valence-electron chi connectivity index (χ4n) is 1.55. The van der Waals surface area contributed by atoms with E-state index < -0.39 is 0 Å². The summed E-state index contributed by atoms with van der Waals surface area (Å²) in [5, 5.41) is 3.13. The molecule has 19 heavy (non-hydrogen) atoms. The van der Waals surface area contributed by atoms with Gasteiger partial charge in [-0.3, -0.25) is 0 Å². The minimum Gasteiger partial charge on any atom is -0.464 e. The van der Waals surface area contributed by atoms with Gasteiger partial charge in [0.05, 0.1) is 13.2 Å². The van der Waals surface area contributed by atoms with E-state index in [-0.39, 0.29) is 12.0 Å². The van der Waals surface area contributed by atoms with Gasteiger partial charge in [-0.1, -0.05) is 0 Å². The third-order valence-electron chi connectivity index (χ3n) is 2.54. The summed E-state index contributed by atoms with van der Waals surface area (Å²) >= 11 is 1.76. The number of anilines is 2. The minimum absolute atomic E-state index is 0.152. The molecule has 2 rings (SSSR count). The van der Waals surface area contributed by atoms with Gasteiger partial charge in [-0.25, -0.2) is 0 Å². The topological polar surface area (TPSA) is 86.0 Å². The van der Waals surface area contributed by atoms with Crippen molar-refractivity contribution in [3.8, 4) is 6.01 Å². The molecule has 3 N–H and O–H groups in total. The Hall–Kier alpha value is -1.89. The van der Waals surface area contributed by atoms with E-state index in [1.807, 2.05) is 6.92 Å². The Labute approximate surface area is 116 Å². The molecule has 2 heterocycles. The Morgan fingerprint density at radius 2 is 2.11 bits per heavy atom. The van der Waals surface area contributed by atoms with E-state index in [0.29, 0.717) is 19.1 Å². The first kappa shape index (κ1) is 13.5. The highest BCUT2D eigenvalue weighted by atomic mass is 32.1. The first-order valence-electron chi connectivity index (χ1n) is 6.02. The van der Waals surface area contributed by atoms with Gasteiger partial charge in [-0.15, -0.1) is 11.3 Å². The fraction of sp³-hybridized carbons (Fsp3) is 0.417. The minimum atomic E-state index is 0.152. The van der Waals surface area contributed by atoms with Crippen LogP contribution in [0.15, 0.2) is 6.07 Å². The van der Waals surface area contributed by atoms with Crippen LogP contribution in [0.25, 0.3) is 0 Å². The summed E-state index contributed by atoms with van der Waals surface area (Å²) in [5.74, 6) is 0.583. The molecule has 0 radical (unpaired) electrons. The van der Waals surface area contributed by atoms with Crippen molar-refractivity contribution in [2.45, 2.75) is 27.3 Å². The standard InChI is InChI=1S/C12H17N5OS/c1-4-18-12-16-10(13)15-11(17-12)14-6-9-5-7(2)8(3)19-9/h5H,4,6H2,1-3H3,(H3,13,14,15,16,17). The molecule has 0 saturated heterocycles. The molecule has 0 spiro atoms. The van der Waals surface area contributed by atoms with Crippen LogP contribution in [0.4, 0.5) is 11.9 Å². The van der Waals surface area contributed by atoms with Gasteiger partial charge < -0.3 is 15.8 Å². The molecule has 2 aromatic heterocycles. The van der Waals surface area contributed by atoms with Gasteiger partial charge >= 0.3 is 6.01 Å². The molecular formula is C12H17N5OS. The van der Waals surface area contributed by atoms with Gasteiger partial charge in [-0.05, 0) is 32.4 Å². The highest BCUT2D eigenvalue weighted by Gasteiger charge is 2.06. The maximum atomic E-state index is 5.61. The summed E-state index contributed by atoms with van der Waals surface area (Å²) < 4.78 is 5.22. The van der Waals surface area contributed by atoms with Crippen LogP contribution in [-0.4, -0.2) is 21.6 Å². The third-order valence-corrected chi connectivity index (χ3v) is 3.70. The summed E-state index contributed by atoms with van der Waals surface area (Å²) in [4.78, 5) is 14.6. The highest BCUT2D eigenvalue weighted by Crippen LogP contribution is 2.21. The van der Waals surface area contributed by atoms with Gasteiger partial charge in [0.15, 0.2) is 0 Å².